The van der Waals surface area contributed by atoms with E-state index in [0.29, 0.717) is 12.1 Å². The van der Waals surface area contributed by atoms with Crippen molar-refractivity contribution in [3.05, 3.63) is 41.7 Å². The zero-order valence-electron chi connectivity index (χ0n) is 13.2. The second-order valence-corrected chi connectivity index (χ2v) is 6.61. The van der Waals surface area contributed by atoms with Crippen molar-refractivity contribution in [2.24, 2.45) is 5.41 Å². The minimum absolute atomic E-state index is 0.0184. The van der Waals surface area contributed by atoms with Gasteiger partial charge < -0.3 is 9.51 Å². The smallest absolute Gasteiger partial charge is 0.102 e. The van der Waals surface area contributed by atoms with Crippen LogP contribution in [0.3, 0.4) is 0 Å². The molecule has 2 heterocycles. The van der Waals surface area contributed by atoms with Crippen LogP contribution in [0.1, 0.15) is 31.9 Å². The van der Waals surface area contributed by atoms with Crippen molar-refractivity contribution < 1.29 is 5.11 Å². The molecule has 2 aromatic rings. The maximum absolute atomic E-state index is 9.66. The summed E-state index contributed by atoms with van der Waals surface area (Å²) < 4.78 is 1.98. The molecule has 0 bridgehead atoms. The highest BCUT2D eigenvalue weighted by molar-refractivity contribution is 5.65. The lowest BCUT2D eigenvalue weighted by Gasteiger charge is -2.36. The van der Waals surface area contributed by atoms with Crippen molar-refractivity contribution in [1.29, 1.82) is 5.26 Å². The molecule has 0 aliphatic carbocycles. The largest absolute Gasteiger partial charge is 0.395 e. The molecule has 1 atom stereocenters. The van der Waals surface area contributed by atoms with Crippen molar-refractivity contribution in [3.8, 4) is 6.07 Å². The summed E-state index contributed by atoms with van der Waals surface area (Å²) in [6.45, 7) is 7.10. The second kappa shape index (κ2) is 5.88. The van der Waals surface area contributed by atoms with Crippen LogP contribution >= 0.6 is 0 Å². The number of fused-ring (bicyclic) bond motifs is 1. The van der Waals surface area contributed by atoms with E-state index in [1.807, 2.05) is 42.0 Å². The first-order chi connectivity index (χ1) is 9.88. The van der Waals surface area contributed by atoms with E-state index in [1.165, 1.54) is 0 Å². The standard InChI is InChI=1S/C17H23N3O/c1-17(2,3)16(12-21)19(4)10-13-11-20-8-6-5-7-15(20)14(13)9-18/h5-8,11,16,21H,10,12H2,1-4H3/t16-/m1/s1. The summed E-state index contributed by atoms with van der Waals surface area (Å²) in [5, 5.41) is 19.1. The lowest BCUT2D eigenvalue weighted by atomic mass is 9.86. The van der Waals surface area contributed by atoms with Gasteiger partial charge in [-0.15, -0.1) is 0 Å². The number of aliphatic hydroxyl groups excluding tert-OH is 1. The summed E-state index contributed by atoms with van der Waals surface area (Å²) in [6, 6.07) is 8.20. The Morgan fingerprint density at radius 1 is 1.38 bits per heavy atom. The molecule has 0 fully saturated rings. The van der Waals surface area contributed by atoms with Gasteiger partial charge in [0, 0.05) is 30.5 Å². The van der Waals surface area contributed by atoms with Crippen LogP contribution < -0.4 is 0 Å². The first-order valence-electron chi connectivity index (χ1n) is 7.18. The van der Waals surface area contributed by atoms with Crippen molar-refractivity contribution >= 4 is 5.52 Å². The zero-order valence-corrected chi connectivity index (χ0v) is 13.2. The van der Waals surface area contributed by atoms with E-state index in [-0.39, 0.29) is 18.1 Å². The topological polar surface area (TPSA) is 51.7 Å². The fourth-order valence-corrected chi connectivity index (χ4v) is 2.88. The fraction of sp³-hybridized carbons (Fsp3) is 0.471. The van der Waals surface area contributed by atoms with Crippen molar-refractivity contribution in [2.45, 2.75) is 33.4 Å². The zero-order chi connectivity index (χ0) is 15.6. The minimum atomic E-state index is -0.0184. The van der Waals surface area contributed by atoms with Gasteiger partial charge in [0.25, 0.3) is 0 Å². The average molecular weight is 285 g/mol. The van der Waals surface area contributed by atoms with Crippen molar-refractivity contribution in [2.75, 3.05) is 13.7 Å². The van der Waals surface area contributed by atoms with Crippen LogP contribution in [0.4, 0.5) is 0 Å². The van der Waals surface area contributed by atoms with Crippen LogP contribution in [0, 0.1) is 16.7 Å². The molecule has 112 valence electrons. The first-order valence-corrected chi connectivity index (χ1v) is 7.18. The number of likely N-dealkylation sites (N-methyl/N-ethyl adjacent to an activating group) is 1. The predicted octanol–water partition coefficient (Wildman–Crippen LogP) is 2.65. The minimum Gasteiger partial charge on any atom is -0.395 e. The molecule has 0 radical (unpaired) electrons. The van der Waals surface area contributed by atoms with E-state index in [0.717, 1.165) is 11.1 Å². The Hall–Kier alpha value is -1.83. The Bertz CT molecular complexity index is 661. The third-order valence-corrected chi connectivity index (χ3v) is 4.00. The molecule has 2 rings (SSSR count). The number of aromatic nitrogens is 1. The molecule has 4 nitrogen and oxygen atoms in total. The van der Waals surface area contributed by atoms with Crippen LogP contribution in [0.15, 0.2) is 30.6 Å². The summed E-state index contributed by atoms with van der Waals surface area (Å²) in [6.07, 6.45) is 3.95. The Balaban J connectivity index is 2.33. The number of hydrogen-bond acceptors (Lipinski definition) is 3. The molecular formula is C17H23N3O. The molecule has 0 saturated heterocycles. The Morgan fingerprint density at radius 3 is 2.67 bits per heavy atom. The van der Waals surface area contributed by atoms with Gasteiger partial charge in [0.05, 0.1) is 17.7 Å². The Morgan fingerprint density at radius 2 is 2.10 bits per heavy atom. The van der Waals surface area contributed by atoms with Crippen LogP contribution in [-0.2, 0) is 6.54 Å². The predicted molar refractivity (Wildman–Crippen MR) is 83.9 cm³/mol. The quantitative estimate of drug-likeness (QED) is 0.939. The van der Waals surface area contributed by atoms with E-state index in [4.69, 9.17) is 0 Å². The lowest BCUT2D eigenvalue weighted by Crippen LogP contribution is -2.44. The van der Waals surface area contributed by atoms with Crippen molar-refractivity contribution in [1.82, 2.24) is 9.30 Å². The first kappa shape index (κ1) is 15.6. The van der Waals surface area contributed by atoms with Gasteiger partial charge in [-0.25, -0.2) is 0 Å². The lowest BCUT2D eigenvalue weighted by molar-refractivity contribution is 0.0614. The second-order valence-electron chi connectivity index (χ2n) is 6.61. The molecule has 4 heteroatoms. The molecule has 0 aliphatic heterocycles. The van der Waals surface area contributed by atoms with Gasteiger partial charge in [-0.05, 0) is 24.6 Å². The molecular weight excluding hydrogens is 262 g/mol. The van der Waals surface area contributed by atoms with E-state index in [9.17, 15) is 10.4 Å². The van der Waals surface area contributed by atoms with Crippen molar-refractivity contribution in [3.63, 3.8) is 0 Å². The van der Waals surface area contributed by atoms with E-state index >= 15 is 0 Å². The highest BCUT2D eigenvalue weighted by Gasteiger charge is 2.28. The van der Waals surface area contributed by atoms with Crippen LogP contribution in [0.25, 0.3) is 5.52 Å². The van der Waals surface area contributed by atoms with Gasteiger partial charge in [0.2, 0.25) is 0 Å². The molecule has 0 saturated carbocycles. The molecule has 21 heavy (non-hydrogen) atoms. The highest BCUT2D eigenvalue weighted by Crippen LogP contribution is 2.26. The summed E-state index contributed by atoms with van der Waals surface area (Å²) in [5.74, 6) is 0. The maximum Gasteiger partial charge on any atom is 0.102 e. The van der Waals surface area contributed by atoms with Crippen LogP contribution in [0.2, 0.25) is 0 Å². The Labute approximate surface area is 126 Å². The molecule has 0 spiro atoms. The highest BCUT2D eigenvalue weighted by atomic mass is 16.3. The molecule has 0 aromatic carbocycles. The van der Waals surface area contributed by atoms with Gasteiger partial charge in [-0.3, -0.25) is 4.90 Å². The van der Waals surface area contributed by atoms with E-state index < -0.39 is 0 Å². The Kier molecular flexibility index (Phi) is 4.36. The number of rotatable bonds is 4. The molecule has 0 unspecified atom stereocenters. The van der Waals surface area contributed by atoms with Gasteiger partial charge in [-0.1, -0.05) is 26.8 Å². The summed E-state index contributed by atoms with van der Waals surface area (Å²) in [5.41, 5.74) is 2.62. The normalized spacial score (nSPS) is 13.6. The SMILES string of the molecule is CN(Cc1cn2ccccc2c1C#N)[C@H](CO)C(C)(C)C. The average Bonchev–Trinajstić information content (AvgIpc) is 2.74. The summed E-state index contributed by atoms with van der Waals surface area (Å²) >= 11 is 0. The number of hydrogen-bond donors (Lipinski definition) is 1. The third kappa shape index (κ3) is 3.10. The van der Waals surface area contributed by atoms with E-state index in [2.05, 4.69) is 31.7 Å². The van der Waals surface area contributed by atoms with Gasteiger partial charge in [0.1, 0.15) is 6.07 Å². The number of aliphatic hydroxyl groups is 1. The van der Waals surface area contributed by atoms with Gasteiger partial charge in [0.15, 0.2) is 0 Å². The van der Waals surface area contributed by atoms with Crippen LogP contribution in [0.5, 0.6) is 0 Å². The summed E-state index contributed by atoms with van der Waals surface area (Å²) in [4.78, 5) is 2.12. The van der Waals surface area contributed by atoms with E-state index in [1.54, 1.807) is 0 Å². The molecule has 0 aliphatic rings. The number of pyridine rings is 1. The fourth-order valence-electron chi connectivity index (χ4n) is 2.88. The van der Waals surface area contributed by atoms with Gasteiger partial charge >= 0.3 is 0 Å². The molecule has 1 N–H and O–H groups in total. The molecule has 2 aromatic heterocycles. The summed E-state index contributed by atoms with van der Waals surface area (Å²) in [7, 11) is 2.00. The monoisotopic (exact) mass is 285 g/mol. The number of nitrogens with zero attached hydrogens (tertiary/aromatic N) is 3. The van der Waals surface area contributed by atoms with Gasteiger partial charge in [-0.2, -0.15) is 5.26 Å². The number of nitriles is 1. The third-order valence-electron chi connectivity index (χ3n) is 4.00. The molecule has 0 amide bonds. The maximum atomic E-state index is 9.66. The van der Waals surface area contributed by atoms with Crippen LogP contribution in [-0.4, -0.2) is 34.1 Å².